The van der Waals surface area contributed by atoms with Crippen molar-refractivity contribution in [2.75, 3.05) is 36.7 Å². The first-order valence-corrected chi connectivity index (χ1v) is 7.50. The highest BCUT2D eigenvalue weighted by Gasteiger charge is 2.12. The molecular formula is C18H21N5. The second-order valence-electron chi connectivity index (χ2n) is 5.84. The monoisotopic (exact) mass is 307 g/mol. The Balaban J connectivity index is 2.09. The Morgan fingerprint density at radius 1 is 0.870 bits per heavy atom. The van der Waals surface area contributed by atoms with Crippen molar-refractivity contribution in [2.45, 2.75) is 6.92 Å². The third-order valence-electron chi connectivity index (χ3n) is 3.88. The maximum atomic E-state index is 5.94. The van der Waals surface area contributed by atoms with Crippen LogP contribution in [0, 0.1) is 6.92 Å². The minimum Gasteiger partial charge on any atom is -0.399 e. The van der Waals surface area contributed by atoms with Crippen LogP contribution >= 0.6 is 0 Å². The maximum Gasteiger partial charge on any atom is 0.144 e. The van der Waals surface area contributed by atoms with E-state index in [0.29, 0.717) is 5.69 Å². The van der Waals surface area contributed by atoms with Gasteiger partial charge in [0.2, 0.25) is 0 Å². The summed E-state index contributed by atoms with van der Waals surface area (Å²) in [6, 6.07) is 14.1. The lowest BCUT2D eigenvalue weighted by molar-refractivity contribution is 1.04. The second kappa shape index (κ2) is 5.76. The summed E-state index contributed by atoms with van der Waals surface area (Å²) in [6.45, 7) is 1.91. The van der Waals surface area contributed by atoms with Gasteiger partial charge in [-0.3, -0.25) is 0 Å². The normalized spacial score (nSPS) is 10.8. The van der Waals surface area contributed by atoms with E-state index in [1.165, 1.54) is 0 Å². The van der Waals surface area contributed by atoms with Crippen LogP contribution < -0.4 is 15.5 Å². The number of rotatable bonds is 3. The zero-order valence-electron chi connectivity index (χ0n) is 13.9. The number of aryl methyl sites for hydroxylation is 1. The van der Waals surface area contributed by atoms with Gasteiger partial charge in [-0.1, -0.05) is 0 Å². The van der Waals surface area contributed by atoms with Gasteiger partial charge < -0.3 is 15.5 Å². The molecule has 0 amide bonds. The van der Waals surface area contributed by atoms with Crippen molar-refractivity contribution in [1.82, 2.24) is 9.97 Å². The zero-order chi connectivity index (χ0) is 16.6. The van der Waals surface area contributed by atoms with Crippen molar-refractivity contribution in [1.29, 1.82) is 0 Å². The molecule has 0 atom stereocenters. The number of nitrogens with two attached hydrogens (primary N) is 1. The third-order valence-corrected chi connectivity index (χ3v) is 3.88. The molecule has 0 aliphatic heterocycles. The molecule has 2 N–H and O–H groups in total. The first kappa shape index (κ1) is 15.1. The molecule has 0 saturated carbocycles. The topological polar surface area (TPSA) is 58.3 Å². The van der Waals surface area contributed by atoms with Crippen LogP contribution in [0.1, 0.15) is 5.82 Å². The van der Waals surface area contributed by atoms with Gasteiger partial charge in [-0.25, -0.2) is 9.97 Å². The summed E-state index contributed by atoms with van der Waals surface area (Å²) in [4.78, 5) is 13.3. The molecule has 118 valence electrons. The molecule has 1 heterocycles. The molecule has 0 fully saturated rings. The van der Waals surface area contributed by atoms with Crippen LogP contribution in [0.2, 0.25) is 0 Å². The Morgan fingerprint density at radius 2 is 1.52 bits per heavy atom. The average Bonchev–Trinajstić information content (AvgIpc) is 2.54. The van der Waals surface area contributed by atoms with Crippen molar-refractivity contribution in [3.8, 4) is 0 Å². The van der Waals surface area contributed by atoms with Gasteiger partial charge in [0, 0.05) is 43.6 Å². The average molecular weight is 307 g/mol. The smallest absolute Gasteiger partial charge is 0.144 e. The van der Waals surface area contributed by atoms with E-state index in [0.717, 1.165) is 33.9 Å². The van der Waals surface area contributed by atoms with Gasteiger partial charge in [-0.2, -0.15) is 0 Å². The van der Waals surface area contributed by atoms with Gasteiger partial charge >= 0.3 is 0 Å². The summed E-state index contributed by atoms with van der Waals surface area (Å²) in [7, 11) is 6.07. The van der Waals surface area contributed by atoms with Crippen LogP contribution in [0.25, 0.3) is 10.9 Å². The number of nitrogens with zero attached hydrogens (tertiary/aromatic N) is 4. The van der Waals surface area contributed by atoms with Crippen molar-refractivity contribution >= 4 is 33.8 Å². The van der Waals surface area contributed by atoms with Gasteiger partial charge in [-0.15, -0.1) is 0 Å². The van der Waals surface area contributed by atoms with Crippen molar-refractivity contribution in [2.24, 2.45) is 0 Å². The lowest BCUT2D eigenvalue weighted by Crippen LogP contribution is -2.14. The van der Waals surface area contributed by atoms with E-state index in [1.807, 2.05) is 46.3 Å². The molecule has 3 aromatic rings. The Kier molecular flexibility index (Phi) is 3.78. The highest BCUT2D eigenvalue weighted by molar-refractivity contribution is 5.93. The number of fused-ring (bicyclic) bond motifs is 1. The van der Waals surface area contributed by atoms with E-state index < -0.39 is 0 Å². The third kappa shape index (κ3) is 2.90. The number of hydrogen-bond donors (Lipinski definition) is 1. The molecule has 0 radical (unpaired) electrons. The number of aromatic nitrogens is 2. The van der Waals surface area contributed by atoms with Crippen LogP contribution in [-0.2, 0) is 0 Å². The Labute approximate surface area is 136 Å². The standard InChI is InChI=1S/C18H21N5/c1-12-20-17-10-5-13(19)11-16(17)18(21-12)23(4)15-8-6-14(7-9-15)22(2)3/h5-11H,19H2,1-4H3. The fourth-order valence-corrected chi connectivity index (χ4v) is 2.60. The molecular weight excluding hydrogens is 286 g/mol. The summed E-state index contributed by atoms with van der Waals surface area (Å²) < 4.78 is 0. The quantitative estimate of drug-likeness (QED) is 0.752. The molecule has 0 aliphatic carbocycles. The Bertz CT molecular complexity index is 840. The highest BCUT2D eigenvalue weighted by Crippen LogP contribution is 2.30. The predicted molar refractivity (Wildman–Crippen MR) is 97.5 cm³/mol. The molecule has 2 aromatic carbocycles. The summed E-state index contributed by atoms with van der Waals surface area (Å²) in [6.07, 6.45) is 0. The fraction of sp³-hybridized carbons (Fsp3) is 0.222. The molecule has 3 rings (SSSR count). The van der Waals surface area contributed by atoms with Crippen LogP contribution in [-0.4, -0.2) is 31.1 Å². The van der Waals surface area contributed by atoms with E-state index in [4.69, 9.17) is 5.73 Å². The lowest BCUT2D eigenvalue weighted by atomic mass is 10.2. The van der Waals surface area contributed by atoms with Gasteiger partial charge in [0.15, 0.2) is 0 Å². The molecule has 5 heteroatoms. The van der Waals surface area contributed by atoms with Crippen LogP contribution in [0.3, 0.4) is 0 Å². The summed E-state index contributed by atoms with van der Waals surface area (Å²) in [5.41, 5.74) is 9.78. The predicted octanol–water partition coefficient (Wildman–Crippen LogP) is 3.35. The Morgan fingerprint density at radius 3 is 2.17 bits per heavy atom. The van der Waals surface area contributed by atoms with E-state index in [2.05, 4.69) is 44.0 Å². The molecule has 0 aliphatic rings. The summed E-state index contributed by atoms with van der Waals surface area (Å²) in [5, 5.41) is 0.954. The van der Waals surface area contributed by atoms with Crippen molar-refractivity contribution < 1.29 is 0 Å². The fourth-order valence-electron chi connectivity index (χ4n) is 2.60. The molecule has 5 nitrogen and oxygen atoms in total. The number of anilines is 4. The van der Waals surface area contributed by atoms with E-state index in [9.17, 15) is 0 Å². The SMILES string of the molecule is Cc1nc(N(C)c2ccc(N(C)C)cc2)c2cc(N)ccc2n1. The molecule has 0 bridgehead atoms. The first-order valence-electron chi connectivity index (χ1n) is 7.50. The molecule has 0 saturated heterocycles. The van der Waals surface area contributed by atoms with Crippen molar-refractivity contribution in [3.63, 3.8) is 0 Å². The van der Waals surface area contributed by atoms with Crippen LogP contribution in [0.15, 0.2) is 42.5 Å². The zero-order valence-corrected chi connectivity index (χ0v) is 13.9. The van der Waals surface area contributed by atoms with Crippen LogP contribution in [0.5, 0.6) is 0 Å². The maximum absolute atomic E-state index is 5.94. The van der Waals surface area contributed by atoms with E-state index in [-0.39, 0.29) is 0 Å². The second-order valence-corrected chi connectivity index (χ2v) is 5.84. The van der Waals surface area contributed by atoms with Crippen molar-refractivity contribution in [3.05, 3.63) is 48.3 Å². The first-order chi connectivity index (χ1) is 11.0. The van der Waals surface area contributed by atoms with Gasteiger partial charge in [0.05, 0.1) is 5.52 Å². The van der Waals surface area contributed by atoms with Gasteiger partial charge in [0.1, 0.15) is 11.6 Å². The molecule has 0 spiro atoms. The minimum atomic E-state index is 0.711. The van der Waals surface area contributed by atoms with Gasteiger partial charge in [-0.05, 0) is 49.4 Å². The minimum absolute atomic E-state index is 0.711. The summed E-state index contributed by atoms with van der Waals surface area (Å²) in [5.74, 6) is 1.60. The van der Waals surface area contributed by atoms with Gasteiger partial charge in [0.25, 0.3) is 0 Å². The lowest BCUT2D eigenvalue weighted by Gasteiger charge is -2.21. The Hall–Kier alpha value is -2.82. The number of benzene rings is 2. The summed E-state index contributed by atoms with van der Waals surface area (Å²) >= 11 is 0. The molecule has 23 heavy (non-hydrogen) atoms. The largest absolute Gasteiger partial charge is 0.399 e. The van der Waals surface area contributed by atoms with Crippen LogP contribution in [0.4, 0.5) is 22.9 Å². The van der Waals surface area contributed by atoms with E-state index >= 15 is 0 Å². The molecule has 0 unspecified atom stereocenters. The molecule has 1 aromatic heterocycles. The number of hydrogen-bond acceptors (Lipinski definition) is 5. The van der Waals surface area contributed by atoms with E-state index in [1.54, 1.807) is 0 Å². The number of nitrogen functional groups attached to an aromatic ring is 1. The highest BCUT2D eigenvalue weighted by atomic mass is 15.2.